The predicted octanol–water partition coefficient (Wildman–Crippen LogP) is 4.53. The number of hydrogen-bond donors (Lipinski definition) is 3. The first-order valence-corrected chi connectivity index (χ1v) is 10.1. The van der Waals surface area contributed by atoms with Crippen LogP contribution in [0.15, 0.2) is 48.5 Å². The van der Waals surface area contributed by atoms with Crippen molar-refractivity contribution in [1.29, 1.82) is 0 Å². The summed E-state index contributed by atoms with van der Waals surface area (Å²) < 4.78 is 0. The monoisotopic (exact) mass is 415 g/mol. The lowest BCUT2D eigenvalue weighted by Crippen LogP contribution is -2.36. The molecule has 3 rings (SSSR count). The van der Waals surface area contributed by atoms with E-state index in [0.717, 1.165) is 12.8 Å². The van der Waals surface area contributed by atoms with Gasteiger partial charge < -0.3 is 10.6 Å². The number of anilines is 1. The lowest BCUT2D eigenvalue weighted by atomic mass is 9.95. The van der Waals surface area contributed by atoms with Crippen molar-refractivity contribution in [2.45, 2.75) is 38.1 Å². The molecule has 1 aliphatic carbocycles. The molecule has 0 heterocycles. The number of nitrogens with one attached hydrogen (secondary N) is 3. The molecule has 2 amide bonds. The molecule has 0 saturated heterocycles. The van der Waals surface area contributed by atoms with E-state index in [2.05, 4.69) is 16.0 Å². The van der Waals surface area contributed by atoms with E-state index in [9.17, 15) is 9.59 Å². The minimum atomic E-state index is -0.383. The van der Waals surface area contributed by atoms with Crippen molar-refractivity contribution in [3.8, 4) is 0 Å². The maximum absolute atomic E-state index is 12.4. The molecular weight excluding hydrogens is 394 g/mol. The molecule has 3 N–H and O–H groups in total. The Hall–Kier alpha value is -2.44. The first-order chi connectivity index (χ1) is 13.5. The van der Waals surface area contributed by atoms with E-state index in [4.69, 9.17) is 23.8 Å². The standard InChI is InChI=1S/C21H22ClN3O2S/c22-18-9-5-4-8-17(18)20(27)25-21(28)24-16-12-10-14(11-13-16)19(26)23-15-6-2-1-3-7-15/h4-5,8-13,15H,1-3,6-7H2,(H,23,26)(H2,24,25,27,28). The molecule has 2 aromatic rings. The molecule has 146 valence electrons. The van der Waals surface area contributed by atoms with Crippen LogP contribution in [-0.2, 0) is 0 Å². The molecule has 1 aliphatic rings. The maximum atomic E-state index is 12.4. The van der Waals surface area contributed by atoms with Gasteiger partial charge in [0.1, 0.15) is 0 Å². The highest BCUT2D eigenvalue weighted by atomic mass is 35.5. The third-order valence-corrected chi connectivity index (χ3v) is 5.22. The largest absolute Gasteiger partial charge is 0.349 e. The fourth-order valence-electron chi connectivity index (χ4n) is 3.20. The van der Waals surface area contributed by atoms with Crippen molar-refractivity contribution in [3.63, 3.8) is 0 Å². The zero-order valence-corrected chi connectivity index (χ0v) is 16.9. The van der Waals surface area contributed by atoms with Crippen LogP contribution in [0.3, 0.4) is 0 Å². The predicted molar refractivity (Wildman–Crippen MR) is 116 cm³/mol. The van der Waals surface area contributed by atoms with Crippen molar-refractivity contribution >= 4 is 46.4 Å². The van der Waals surface area contributed by atoms with Crippen LogP contribution >= 0.6 is 23.8 Å². The van der Waals surface area contributed by atoms with Crippen molar-refractivity contribution < 1.29 is 9.59 Å². The molecule has 0 bridgehead atoms. The van der Waals surface area contributed by atoms with Gasteiger partial charge in [-0.15, -0.1) is 0 Å². The van der Waals surface area contributed by atoms with Crippen molar-refractivity contribution in [2.75, 3.05) is 5.32 Å². The van der Waals surface area contributed by atoms with E-state index in [1.54, 1.807) is 48.5 Å². The summed E-state index contributed by atoms with van der Waals surface area (Å²) in [6.45, 7) is 0. The average molecular weight is 416 g/mol. The zero-order valence-electron chi connectivity index (χ0n) is 15.3. The molecule has 0 aliphatic heterocycles. The molecular formula is C21H22ClN3O2S. The molecule has 0 aromatic heterocycles. The number of carbonyl (C=O) groups is 2. The summed E-state index contributed by atoms with van der Waals surface area (Å²) in [5, 5.41) is 9.13. The summed E-state index contributed by atoms with van der Waals surface area (Å²) in [5.74, 6) is -0.445. The van der Waals surface area contributed by atoms with E-state index < -0.39 is 0 Å². The van der Waals surface area contributed by atoms with Gasteiger partial charge in [-0.1, -0.05) is 43.0 Å². The molecule has 0 atom stereocenters. The number of halogens is 1. The topological polar surface area (TPSA) is 70.2 Å². The Balaban J connectivity index is 1.53. The Morgan fingerprint density at radius 3 is 2.29 bits per heavy atom. The van der Waals surface area contributed by atoms with Crippen molar-refractivity contribution in [1.82, 2.24) is 10.6 Å². The zero-order chi connectivity index (χ0) is 19.9. The van der Waals surface area contributed by atoms with Gasteiger partial charge in [0.2, 0.25) is 0 Å². The van der Waals surface area contributed by atoms with E-state index in [1.165, 1.54) is 19.3 Å². The van der Waals surface area contributed by atoms with Gasteiger partial charge in [-0.2, -0.15) is 0 Å². The van der Waals surface area contributed by atoms with Crippen LogP contribution in [0.5, 0.6) is 0 Å². The number of benzene rings is 2. The Labute approximate surface area is 174 Å². The number of rotatable bonds is 4. The average Bonchev–Trinajstić information content (AvgIpc) is 2.69. The Morgan fingerprint density at radius 2 is 1.61 bits per heavy atom. The molecule has 7 heteroatoms. The normalized spacial score (nSPS) is 14.2. The second-order valence-electron chi connectivity index (χ2n) is 6.77. The summed E-state index contributed by atoms with van der Waals surface area (Å²) in [6.07, 6.45) is 5.69. The number of amides is 2. The quantitative estimate of drug-likeness (QED) is 0.641. The molecule has 1 fully saturated rings. The highest BCUT2D eigenvalue weighted by molar-refractivity contribution is 7.80. The van der Waals surface area contributed by atoms with Crippen LogP contribution in [0.25, 0.3) is 0 Å². The number of thiocarbonyl (C=S) groups is 1. The van der Waals surface area contributed by atoms with Crippen LogP contribution in [0.1, 0.15) is 52.8 Å². The van der Waals surface area contributed by atoms with Gasteiger partial charge in [0.25, 0.3) is 11.8 Å². The first-order valence-electron chi connectivity index (χ1n) is 9.31. The highest BCUT2D eigenvalue weighted by Gasteiger charge is 2.16. The smallest absolute Gasteiger partial charge is 0.258 e. The van der Waals surface area contributed by atoms with Crippen molar-refractivity contribution in [3.05, 3.63) is 64.7 Å². The number of hydrogen-bond acceptors (Lipinski definition) is 3. The molecule has 1 saturated carbocycles. The minimum Gasteiger partial charge on any atom is -0.349 e. The highest BCUT2D eigenvalue weighted by Crippen LogP contribution is 2.18. The number of carbonyl (C=O) groups excluding carboxylic acids is 2. The summed E-state index contributed by atoms with van der Waals surface area (Å²) in [6, 6.07) is 14.0. The van der Waals surface area contributed by atoms with Gasteiger partial charge in [0, 0.05) is 17.3 Å². The second-order valence-corrected chi connectivity index (χ2v) is 7.59. The van der Waals surface area contributed by atoms with Gasteiger partial charge >= 0.3 is 0 Å². The molecule has 0 radical (unpaired) electrons. The van der Waals surface area contributed by atoms with E-state index in [1.807, 2.05) is 0 Å². The lowest BCUT2D eigenvalue weighted by Gasteiger charge is -2.22. The Morgan fingerprint density at radius 1 is 0.929 bits per heavy atom. The van der Waals surface area contributed by atoms with E-state index in [-0.39, 0.29) is 23.0 Å². The van der Waals surface area contributed by atoms with Gasteiger partial charge in [0.15, 0.2) is 5.11 Å². The maximum Gasteiger partial charge on any atom is 0.258 e. The van der Waals surface area contributed by atoms with Gasteiger partial charge in [-0.05, 0) is 61.5 Å². The second kappa shape index (κ2) is 9.66. The van der Waals surface area contributed by atoms with Crippen LogP contribution in [0.2, 0.25) is 5.02 Å². The van der Waals surface area contributed by atoms with Gasteiger partial charge in [-0.25, -0.2) is 0 Å². The van der Waals surface area contributed by atoms with E-state index in [0.29, 0.717) is 21.8 Å². The van der Waals surface area contributed by atoms with Crippen LogP contribution in [-0.4, -0.2) is 23.0 Å². The molecule has 0 unspecified atom stereocenters. The summed E-state index contributed by atoms with van der Waals surface area (Å²) in [5.41, 5.74) is 1.63. The van der Waals surface area contributed by atoms with Crippen LogP contribution < -0.4 is 16.0 Å². The van der Waals surface area contributed by atoms with Crippen molar-refractivity contribution in [2.24, 2.45) is 0 Å². The minimum absolute atomic E-state index is 0.0620. The first kappa shape index (κ1) is 20.3. The third-order valence-electron chi connectivity index (χ3n) is 4.69. The molecule has 5 nitrogen and oxygen atoms in total. The van der Waals surface area contributed by atoms with Gasteiger partial charge in [0.05, 0.1) is 10.6 Å². The molecule has 28 heavy (non-hydrogen) atoms. The Kier molecular flexibility index (Phi) is 7.01. The lowest BCUT2D eigenvalue weighted by molar-refractivity contribution is 0.0926. The fourth-order valence-corrected chi connectivity index (χ4v) is 3.63. The fraction of sp³-hybridized carbons (Fsp3) is 0.286. The van der Waals surface area contributed by atoms with Crippen LogP contribution in [0.4, 0.5) is 5.69 Å². The van der Waals surface area contributed by atoms with E-state index >= 15 is 0 Å². The summed E-state index contributed by atoms with van der Waals surface area (Å²) in [7, 11) is 0. The molecule has 0 spiro atoms. The SMILES string of the molecule is O=C(NC1CCCCC1)c1ccc(NC(=S)NC(=O)c2ccccc2Cl)cc1. The Bertz CT molecular complexity index is 864. The van der Waals surface area contributed by atoms with Gasteiger partial charge in [-0.3, -0.25) is 14.9 Å². The third kappa shape index (κ3) is 5.53. The molecule has 2 aromatic carbocycles. The summed E-state index contributed by atoms with van der Waals surface area (Å²) >= 11 is 11.2. The van der Waals surface area contributed by atoms with Crippen LogP contribution in [0, 0.1) is 0 Å². The summed E-state index contributed by atoms with van der Waals surface area (Å²) in [4.78, 5) is 24.6.